The maximum atomic E-state index is 13.4. The zero-order chi connectivity index (χ0) is 16.2. The van der Waals surface area contributed by atoms with Gasteiger partial charge < -0.3 is 10.4 Å². The minimum Gasteiger partial charge on any atom is -0.481 e. The summed E-state index contributed by atoms with van der Waals surface area (Å²) in [5, 5.41) is 11.6. The van der Waals surface area contributed by atoms with Crippen molar-refractivity contribution in [1.29, 1.82) is 0 Å². The highest BCUT2D eigenvalue weighted by Gasteiger charge is 2.35. The van der Waals surface area contributed by atoms with Crippen LogP contribution in [-0.4, -0.2) is 23.5 Å². The fraction of sp³-hybridized carbons (Fsp3) is 0.429. The molecule has 1 amide bonds. The van der Waals surface area contributed by atoms with E-state index in [1.807, 2.05) is 0 Å². The lowest BCUT2D eigenvalue weighted by molar-refractivity contribution is -0.149. The quantitative estimate of drug-likeness (QED) is 0.778. The van der Waals surface area contributed by atoms with E-state index in [1.165, 1.54) is 0 Å². The summed E-state index contributed by atoms with van der Waals surface area (Å²) < 4.78 is 13.4. The molecule has 0 heterocycles. The molecular weight excluding hydrogens is 320 g/mol. The zero-order valence-corrected chi connectivity index (χ0v) is 13.2. The topological polar surface area (TPSA) is 66.4 Å². The van der Waals surface area contributed by atoms with Gasteiger partial charge in [-0.1, -0.05) is 37.0 Å². The van der Waals surface area contributed by atoms with E-state index < -0.39 is 23.1 Å². The molecule has 116 valence electrons. The van der Waals surface area contributed by atoms with Crippen molar-refractivity contribution in [1.82, 2.24) is 5.32 Å². The minimum atomic E-state index is -1.05. The van der Waals surface area contributed by atoms with Gasteiger partial charge in [-0.15, -0.1) is 0 Å². The number of aliphatic carboxylic acids is 1. The maximum Gasteiger partial charge on any atom is 0.311 e. The number of carboxylic acids is 1. The van der Waals surface area contributed by atoms with Gasteiger partial charge in [0.15, 0.2) is 0 Å². The van der Waals surface area contributed by atoms with Crippen LogP contribution in [0.5, 0.6) is 0 Å². The molecule has 0 aromatic heterocycles. The third kappa shape index (κ3) is 3.86. The Morgan fingerprint density at radius 1 is 1.24 bits per heavy atom. The van der Waals surface area contributed by atoms with Crippen LogP contribution in [0.15, 0.2) is 12.1 Å². The molecular formula is C14H16Cl2FNO3. The van der Waals surface area contributed by atoms with Gasteiger partial charge in [-0.05, 0) is 25.0 Å². The number of benzene rings is 1. The van der Waals surface area contributed by atoms with Crippen molar-refractivity contribution in [2.24, 2.45) is 5.41 Å². The largest absolute Gasteiger partial charge is 0.481 e. The van der Waals surface area contributed by atoms with Gasteiger partial charge in [-0.3, -0.25) is 9.59 Å². The van der Waals surface area contributed by atoms with Crippen LogP contribution in [0, 0.1) is 11.2 Å². The van der Waals surface area contributed by atoms with E-state index >= 15 is 0 Å². The average molecular weight is 336 g/mol. The van der Waals surface area contributed by atoms with E-state index in [1.54, 1.807) is 13.8 Å². The molecule has 1 aromatic carbocycles. The number of carbonyl (C=O) groups is 2. The zero-order valence-electron chi connectivity index (χ0n) is 11.7. The Kier molecular flexibility index (Phi) is 5.98. The van der Waals surface area contributed by atoms with Gasteiger partial charge in [0.1, 0.15) is 5.82 Å². The molecule has 1 rings (SSSR count). The Labute approximate surface area is 132 Å². The van der Waals surface area contributed by atoms with Gasteiger partial charge >= 0.3 is 5.97 Å². The highest BCUT2D eigenvalue weighted by molar-refractivity contribution is 6.36. The number of halogens is 3. The summed E-state index contributed by atoms with van der Waals surface area (Å²) in [6.07, 6.45) is 0.726. The summed E-state index contributed by atoms with van der Waals surface area (Å²) in [7, 11) is 0. The van der Waals surface area contributed by atoms with Gasteiger partial charge in [-0.2, -0.15) is 0 Å². The van der Waals surface area contributed by atoms with Crippen molar-refractivity contribution >= 4 is 35.1 Å². The highest BCUT2D eigenvalue weighted by Crippen LogP contribution is 2.27. The molecule has 0 saturated heterocycles. The van der Waals surface area contributed by atoms with Gasteiger partial charge in [0.25, 0.3) is 5.91 Å². The predicted molar refractivity (Wildman–Crippen MR) is 79.4 cm³/mol. The summed E-state index contributed by atoms with van der Waals surface area (Å²) >= 11 is 11.4. The molecule has 0 unspecified atom stereocenters. The van der Waals surface area contributed by atoms with E-state index in [9.17, 15) is 19.1 Å². The molecule has 0 radical (unpaired) electrons. The monoisotopic (exact) mass is 335 g/mol. The fourth-order valence-electron chi connectivity index (χ4n) is 1.92. The van der Waals surface area contributed by atoms with Gasteiger partial charge in [0.05, 0.1) is 21.0 Å². The van der Waals surface area contributed by atoms with Crippen LogP contribution in [0.3, 0.4) is 0 Å². The lowest BCUT2D eigenvalue weighted by atomic mass is 9.82. The molecule has 0 bridgehead atoms. The molecule has 0 spiro atoms. The van der Waals surface area contributed by atoms with Crippen LogP contribution in [0.1, 0.15) is 37.0 Å². The number of hydrogen-bond acceptors (Lipinski definition) is 2. The molecule has 1 aromatic rings. The van der Waals surface area contributed by atoms with E-state index in [0.29, 0.717) is 12.8 Å². The van der Waals surface area contributed by atoms with Crippen LogP contribution < -0.4 is 5.32 Å². The third-order valence-corrected chi connectivity index (χ3v) is 4.25. The number of amides is 1. The van der Waals surface area contributed by atoms with Gasteiger partial charge in [0, 0.05) is 6.54 Å². The molecule has 4 nitrogen and oxygen atoms in total. The van der Waals surface area contributed by atoms with Crippen molar-refractivity contribution in [3.8, 4) is 0 Å². The summed E-state index contributed by atoms with van der Waals surface area (Å²) in [6, 6.07) is 2.07. The van der Waals surface area contributed by atoms with E-state index in [-0.39, 0.29) is 22.2 Å². The SMILES string of the molecule is CCC(CC)(CNC(=O)c1cc(F)c(Cl)cc1Cl)C(=O)O. The second-order valence-electron chi connectivity index (χ2n) is 4.72. The van der Waals surface area contributed by atoms with Crippen molar-refractivity contribution in [3.63, 3.8) is 0 Å². The third-order valence-electron chi connectivity index (χ3n) is 3.65. The average Bonchev–Trinajstić information content (AvgIpc) is 2.44. The Hall–Kier alpha value is -1.33. The fourth-order valence-corrected chi connectivity index (χ4v) is 2.39. The molecule has 0 fully saturated rings. The molecule has 7 heteroatoms. The number of hydrogen-bond donors (Lipinski definition) is 2. The molecule has 21 heavy (non-hydrogen) atoms. The Balaban J connectivity index is 2.92. The first-order chi connectivity index (χ1) is 9.77. The van der Waals surface area contributed by atoms with Crippen molar-refractivity contribution < 1.29 is 19.1 Å². The molecule has 0 aliphatic carbocycles. The first-order valence-electron chi connectivity index (χ1n) is 6.43. The number of carboxylic acid groups (broad SMARTS) is 1. The van der Waals surface area contributed by atoms with Crippen molar-refractivity contribution in [2.75, 3.05) is 6.54 Å². The molecule has 0 aliphatic heterocycles. The molecule has 0 saturated carbocycles. The lowest BCUT2D eigenvalue weighted by Crippen LogP contribution is -2.42. The first-order valence-corrected chi connectivity index (χ1v) is 7.19. The summed E-state index contributed by atoms with van der Waals surface area (Å²) in [6.45, 7) is 3.41. The van der Waals surface area contributed by atoms with Gasteiger partial charge in [0.2, 0.25) is 0 Å². The van der Waals surface area contributed by atoms with Crippen LogP contribution in [0.4, 0.5) is 4.39 Å². The minimum absolute atomic E-state index is 0.00724. The number of rotatable bonds is 6. The predicted octanol–water partition coefficient (Wildman–Crippen LogP) is 3.75. The second kappa shape index (κ2) is 7.09. The first kappa shape index (κ1) is 17.7. The van der Waals surface area contributed by atoms with E-state index in [4.69, 9.17) is 23.2 Å². The smallest absolute Gasteiger partial charge is 0.311 e. The molecule has 0 atom stereocenters. The normalized spacial score (nSPS) is 11.3. The highest BCUT2D eigenvalue weighted by atomic mass is 35.5. The van der Waals surface area contributed by atoms with Crippen molar-refractivity contribution in [2.45, 2.75) is 26.7 Å². The summed E-state index contributed by atoms with van der Waals surface area (Å²) in [4.78, 5) is 23.4. The van der Waals surface area contributed by atoms with Crippen LogP contribution >= 0.6 is 23.2 Å². The standard InChI is InChI=1S/C14H16Cl2FNO3/c1-3-14(4-2,13(20)21)7-18-12(19)8-5-11(17)10(16)6-9(8)15/h5-6H,3-4,7H2,1-2H3,(H,18,19)(H,20,21). The lowest BCUT2D eigenvalue weighted by Gasteiger charge is -2.26. The van der Waals surface area contributed by atoms with Crippen LogP contribution in [0.25, 0.3) is 0 Å². The van der Waals surface area contributed by atoms with Crippen molar-refractivity contribution in [3.05, 3.63) is 33.6 Å². The van der Waals surface area contributed by atoms with E-state index in [2.05, 4.69) is 5.32 Å². The second-order valence-corrected chi connectivity index (χ2v) is 5.54. The summed E-state index contributed by atoms with van der Waals surface area (Å²) in [5.41, 5.74) is -1.13. The Bertz CT molecular complexity index is 559. The van der Waals surface area contributed by atoms with Gasteiger partial charge in [-0.25, -0.2) is 4.39 Å². The Morgan fingerprint density at radius 3 is 2.29 bits per heavy atom. The maximum absolute atomic E-state index is 13.4. The van der Waals surface area contributed by atoms with Crippen LogP contribution in [-0.2, 0) is 4.79 Å². The number of carbonyl (C=O) groups excluding carboxylic acids is 1. The van der Waals surface area contributed by atoms with Crippen LogP contribution in [0.2, 0.25) is 10.0 Å². The summed E-state index contributed by atoms with van der Waals surface area (Å²) in [5.74, 6) is -2.38. The Morgan fingerprint density at radius 2 is 1.81 bits per heavy atom. The molecule has 0 aliphatic rings. The number of nitrogens with one attached hydrogen (secondary N) is 1. The molecule has 2 N–H and O–H groups in total. The van der Waals surface area contributed by atoms with E-state index in [0.717, 1.165) is 12.1 Å².